The molecule has 1 unspecified atom stereocenters. The van der Waals surface area contributed by atoms with Gasteiger partial charge < -0.3 is 15.0 Å². The molecule has 1 fully saturated rings. The molecule has 0 aliphatic carbocycles. The highest BCUT2D eigenvalue weighted by molar-refractivity contribution is 9.10. The number of aliphatic hydroxyl groups is 1. The lowest BCUT2D eigenvalue weighted by Gasteiger charge is -2.13. The molecule has 1 aliphatic heterocycles. The van der Waals surface area contributed by atoms with E-state index in [4.69, 9.17) is 0 Å². The Morgan fingerprint density at radius 2 is 2.09 bits per heavy atom. The Hall–Kier alpha value is -2.75. The third-order valence-electron chi connectivity index (χ3n) is 6.19. The molecule has 0 bridgehead atoms. The van der Waals surface area contributed by atoms with Gasteiger partial charge in [-0.25, -0.2) is 9.67 Å². The number of benzene rings is 1. The molecule has 3 aromatic heterocycles. The molecule has 4 heterocycles. The maximum absolute atomic E-state index is 9.78. The Morgan fingerprint density at radius 1 is 1.25 bits per heavy atom. The van der Waals surface area contributed by atoms with E-state index in [-0.39, 0.29) is 6.10 Å². The topological polar surface area (TPSA) is 84.0 Å². The second-order valence-electron chi connectivity index (χ2n) is 8.42. The van der Waals surface area contributed by atoms with Crippen molar-refractivity contribution in [3.8, 4) is 5.82 Å². The standard InChI is InChI=1S/C23H26BrN7O/c1-14-16(11-30-9-7-18(32)13-30)12-31(28-14)21-6-8-25-23(27-21)26-17-4-5-20-19(10-17)22(24)15(2)29(20)3/h4-6,8,10,12,18,32H,7,9,11,13H2,1-3H3,(H,25,26,27). The molecule has 0 amide bonds. The van der Waals surface area contributed by atoms with Gasteiger partial charge in [0.05, 0.1) is 11.8 Å². The number of β-amino-alcohol motifs (C(OH)–C–C–N with tert-alkyl or cyclic N) is 1. The number of nitrogens with one attached hydrogen (secondary N) is 1. The fourth-order valence-corrected chi connectivity index (χ4v) is 4.82. The highest BCUT2D eigenvalue weighted by atomic mass is 79.9. The third kappa shape index (κ3) is 3.92. The third-order valence-corrected chi connectivity index (χ3v) is 7.19. The van der Waals surface area contributed by atoms with E-state index in [2.05, 4.69) is 71.9 Å². The molecule has 32 heavy (non-hydrogen) atoms. The van der Waals surface area contributed by atoms with E-state index < -0.39 is 0 Å². The summed E-state index contributed by atoms with van der Waals surface area (Å²) in [6.45, 7) is 6.51. The van der Waals surface area contributed by atoms with Crippen LogP contribution in [0, 0.1) is 13.8 Å². The number of halogens is 1. The van der Waals surface area contributed by atoms with Crippen LogP contribution >= 0.6 is 15.9 Å². The van der Waals surface area contributed by atoms with Crippen LogP contribution < -0.4 is 5.32 Å². The second kappa shape index (κ2) is 8.31. The Kier molecular flexibility index (Phi) is 5.48. The molecule has 9 heteroatoms. The van der Waals surface area contributed by atoms with Crippen LogP contribution in [0.4, 0.5) is 11.6 Å². The summed E-state index contributed by atoms with van der Waals surface area (Å²) in [7, 11) is 2.06. The highest BCUT2D eigenvalue weighted by Crippen LogP contribution is 2.32. The minimum absolute atomic E-state index is 0.222. The van der Waals surface area contributed by atoms with Crippen LogP contribution in [-0.4, -0.2) is 53.5 Å². The number of anilines is 2. The molecule has 0 radical (unpaired) electrons. The number of rotatable bonds is 5. The van der Waals surface area contributed by atoms with Gasteiger partial charge in [-0.2, -0.15) is 10.1 Å². The number of fused-ring (bicyclic) bond motifs is 1. The first-order valence-electron chi connectivity index (χ1n) is 10.7. The van der Waals surface area contributed by atoms with Gasteiger partial charge in [0.1, 0.15) is 0 Å². The highest BCUT2D eigenvalue weighted by Gasteiger charge is 2.21. The van der Waals surface area contributed by atoms with E-state index in [0.29, 0.717) is 18.3 Å². The predicted molar refractivity (Wildman–Crippen MR) is 128 cm³/mol. The first kappa shape index (κ1) is 21.1. The zero-order chi connectivity index (χ0) is 22.4. The van der Waals surface area contributed by atoms with Crippen LogP contribution in [0.15, 0.2) is 41.1 Å². The lowest BCUT2D eigenvalue weighted by atomic mass is 10.2. The average Bonchev–Trinajstić information content (AvgIpc) is 3.42. The molecular weight excluding hydrogens is 470 g/mol. The number of likely N-dealkylation sites (tertiary alicyclic amines) is 1. The van der Waals surface area contributed by atoms with Crippen molar-refractivity contribution in [2.75, 3.05) is 18.4 Å². The summed E-state index contributed by atoms with van der Waals surface area (Å²) in [6, 6.07) is 8.08. The largest absolute Gasteiger partial charge is 0.392 e. The van der Waals surface area contributed by atoms with E-state index >= 15 is 0 Å². The molecule has 2 N–H and O–H groups in total. The monoisotopic (exact) mass is 495 g/mol. The normalized spacial score (nSPS) is 16.8. The van der Waals surface area contributed by atoms with E-state index in [1.165, 1.54) is 11.2 Å². The predicted octanol–water partition coefficient (Wildman–Crippen LogP) is 3.84. The number of hydrogen-bond acceptors (Lipinski definition) is 6. The summed E-state index contributed by atoms with van der Waals surface area (Å²) in [5.74, 6) is 1.22. The van der Waals surface area contributed by atoms with Gasteiger partial charge in [-0.05, 0) is 54.4 Å². The Labute approximate surface area is 195 Å². The maximum Gasteiger partial charge on any atom is 0.229 e. The first-order valence-corrected chi connectivity index (χ1v) is 11.5. The molecule has 8 nitrogen and oxygen atoms in total. The number of aliphatic hydroxyl groups excluding tert-OH is 1. The van der Waals surface area contributed by atoms with Gasteiger partial charge in [0, 0.05) is 77.5 Å². The van der Waals surface area contributed by atoms with Gasteiger partial charge in [0.15, 0.2) is 5.82 Å². The van der Waals surface area contributed by atoms with Crippen molar-refractivity contribution in [3.63, 3.8) is 0 Å². The molecule has 1 saturated heterocycles. The number of hydrogen-bond donors (Lipinski definition) is 2. The van der Waals surface area contributed by atoms with E-state index in [0.717, 1.165) is 46.3 Å². The average molecular weight is 496 g/mol. The number of nitrogens with zero attached hydrogens (tertiary/aromatic N) is 6. The van der Waals surface area contributed by atoms with Gasteiger partial charge in [-0.1, -0.05) is 0 Å². The Bertz CT molecular complexity index is 1300. The molecule has 4 aromatic rings. The van der Waals surface area contributed by atoms with Crippen molar-refractivity contribution in [3.05, 3.63) is 58.1 Å². The lowest BCUT2D eigenvalue weighted by molar-refractivity contribution is 0.174. The van der Waals surface area contributed by atoms with Crippen LogP contribution in [-0.2, 0) is 13.6 Å². The zero-order valence-corrected chi connectivity index (χ0v) is 20.0. The fraction of sp³-hybridized carbons (Fsp3) is 0.348. The molecule has 5 rings (SSSR count). The molecule has 1 aromatic carbocycles. The minimum Gasteiger partial charge on any atom is -0.392 e. The van der Waals surface area contributed by atoms with Gasteiger partial charge in [0.25, 0.3) is 0 Å². The van der Waals surface area contributed by atoms with Crippen LogP contribution in [0.3, 0.4) is 0 Å². The van der Waals surface area contributed by atoms with Crippen molar-refractivity contribution >= 4 is 38.5 Å². The molecule has 166 valence electrons. The van der Waals surface area contributed by atoms with E-state index in [1.54, 1.807) is 10.9 Å². The summed E-state index contributed by atoms with van der Waals surface area (Å²) >= 11 is 3.70. The van der Waals surface area contributed by atoms with Crippen molar-refractivity contribution in [1.82, 2.24) is 29.2 Å². The summed E-state index contributed by atoms with van der Waals surface area (Å²) in [5.41, 5.74) is 5.38. The minimum atomic E-state index is -0.222. The fourth-order valence-electron chi connectivity index (χ4n) is 4.24. The Balaban J connectivity index is 1.38. The van der Waals surface area contributed by atoms with Gasteiger partial charge in [-0.15, -0.1) is 0 Å². The molecule has 1 atom stereocenters. The molecular formula is C23H26BrN7O. The number of aryl methyl sites for hydroxylation is 2. The quantitative estimate of drug-likeness (QED) is 0.437. The lowest BCUT2D eigenvalue weighted by Crippen LogP contribution is -2.21. The van der Waals surface area contributed by atoms with E-state index in [1.807, 2.05) is 25.3 Å². The summed E-state index contributed by atoms with van der Waals surface area (Å²) < 4.78 is 5.06. The van der Waals surface area contributed by atoms with Crippen LogP contribution in [0.1, 0.15) is 23.4 Å². The smallest absolute Gasteiger partial charge is 0.229 e. The molecule has 0 spiro atoms. The maximum atomic E-state index is 9.78. The van der Waals surface area contributed by atoms with Crippen molar-refractivity contribution in [2.24, 2.45) is 7.05 Å². The van der Waals surface area contributed by atoms with Crippen LogP contribution in [0.2, 0.25) is 0 Å². The van der Waals surface area contributed by atoms with Crippen molar-refractivity contribution in [2.45, 2.75) is 32.9 Å². The molecule has 0 saturated carbocycles. The van der Waals surface area contributed by atoms with Crippen molar-refractivity contribution in [1.29, 1.82) is 0 Å². The van der Waals surface area contributed by atoms with Crippen molar-refractivity contribution < 1.29 is 5.11 Å². The van der Waals surface area contributed by atoms with Gasteiger partial charge >= 0.3 is 0 Å². The summed E-state index contributed by atoms with van der Waals surface area (Å²) in [6.07, 6.45) is 4.36. The zero-order valence-electron chi connectivity index (χ0n) is 18.4. The van der Waals surface area contributed by atoms with Crippen LogP contribution in [0.5, 0.6) is 0 Å². The Morgan fingerprint density at radius 3 is 2.88 bits per heavy atom. The first-order chi connectivity index (χ1) is 15.4. The van der Waals surface area contributed by atoms with Gasteiger partial charge in [0.2, 0.25) is 5.95 Å². The van der Waals surface area contributed by atoms with Gasteiger partial charge in [-0.3, -0.25) is 4.90 Å². The second-order valence-corrected chi connectivity index (χ2v) is 9.21. The van der Waals surface area contributed by atoms with E-state index in [9.17, 15) is 5.11 Å². The SMILES string of the molecule is Cc1nn(-c2ccnc(Nc3ccc4c(c3)c(Br)c(C)n4C)n2)cc1CN1CCC(O)C1. The summed E-state index contributed by atoms with van der Waals surface area (Å²) in [4.78, 5) is 11.3. The number of aromatic nitrogens is 5. The molecule has 1 aliphatic rings. The summed E-state index contributed by atoms with van der Waals surface area (Å²) in [5, 5.41) is 18.9. The van der Waals surface area contributed by atoms with Crippen LogP contribution in [0.25, 0.3) is 16.7 Å².